The summed E-state index contributed by atoms with van der Waals surface area (Å²) in [6.07, 6.45) is 2.23. The molecule has 0 unspecified atom stereocenters. The summed E-state index contributed by atoms with van der Waals surface area (Å²) in [5, 5.41) is 14.1. The Hall–Kier alpha value is -1.43. The van der Waals surface area contributed by atoms with Crippen molar-refractivity contribution in [3.8, 4) is 5.75 Å². The van der Waals surface area contributed by atoms with Crippen LogP contribution in [0.15, 0.2) is 18.2 Å². The number of nitro benzene ring substituents is 1. The van der Waals surface area contributed by atoms with Crippen LogP contribution >= 0.6 is 11.8 Å². The number of rotatable bonds is 4. The van der Waals surface area contributed by atoms with Gasteiger partial charge in [0, 0.05) is 12.1 Å². The number of nitrogens with one attached hydrogen (secondary N) is 1. The Morgan fingerprint density at radius 2 is 2.17 bits per heavy atom. The minimum atomic E-state index is -0.413. The summed E-state index contributed by atoms with van der Waals surface area (Å²) in [5.74, 6) is 2.85. The predicted octanol–water partition coefficient (Wildman–Crippen LogP) is 2.91. The molecule has 0 radical (unpaired) electrons. The number of anilines is 1. The van der Waals surface area contributed by atoms with Crippen LogP contribution in [0.1, 0.15) is 12.8 Å². The summed E-state index contributed by atoms with van der Waals surface area (Å²) >= 11 is 1.96. The molecule has 1 aliphatic rings. The smallest absolute Gasteiger partial charge is 0.273 e. The number of thioether (sulfide) groups is 1. The first-order chi connectivity index (χ1) is 8.70. The van der Waals surface area contributed by atoms with Crippen LogP contribution in [-0.4, -0.2) is 29.6 Å². The van der Waals surface area contributed by atoms with Crippen LogP contribution in [0, 0.1) is 10.1 Å². The van der Waals surface area contributed by atoms with Crippen molar-refractivity contribution in [1.82, 2.24) is 0 Å². The summed E-state index contributed by atoms with van der Waals surface area (Å²) < 4.78 is 5.21. The highest BCUT2D eigenvalue weighted by molar-refractivity contribution is 7.99. The van der Waals surface area contributed by atoms with Crippen LogP contribution in [0.5, 0.6) is 5.75 Å². The third-order valence-electron chi connectivity index (χ3n) is 2.98. The van der Waals surface area contributed by atoms with E-state index in [0.29, 0.717) is 11.8 Å². The molecule has 1 fully saturated rings. The van der Waals surface area contributed by atoms with Crippen molar-refractivity contribution < 1.29 is 9.66 Å². The Kier molecular flexibility index (Phi) is 4.30. The number of hydrogen-bond acceptors (Lipinski definition) is 5. The molecule has 0 bridgehead atoms. The topological polar surface area (TPSA) is 64.4 Å². The highest BCUT2D eigenvalue weighted by Gasteiger charge is 2.17. The van der Waals surface area contributed by atoms with Gasteiger partial charge in [-0.15, -0.1) is 0 Å². The first kappa shape index (κ1) is 13.0. The molecular weight excluding hydrogens is 252 g/mol. The lowest BCUT2D eigenvalue weighted by Gasteiger charge is -2.24. The molecule has 2 rings (SSSR count). The number of benzene rings is 1. The molecule has 18 heavy (non-hydrogen) atoms. The molecule has 1 N–H and O–H groups in total. The summed E-state index contributed by atoms with van der Waals surface area (Å²) in [4.78, 5) is 10.3. The van der Waals surface area contributed by atoms with Gasteiger partial charge in [-0.2, -0.15) is 11.8 Å². The lowest BCUT2D eigenvalue weighted by Crippen LogP contribution is -2.24. The van der Waals surface area contributed by atoms with E-state index >= 15 is 0 Å². The van der Waals surface area contributed by atoms with E-state index in [2.05, 4.69) is 5.32 Å². The molecule has 0 aliphatic carbocycles. The van der Waals surface area contributed by atoms with Crippen molar-refractivity contribution in [3.05, 3.63) is 28.3 Å². The highest BCUT2D eigenvalue weighted by atomic mass is 32.2. The Morgan fingerprint density at radius 3 is 2.78 bits per heavy atom. The lowest BCUT2D eigenvalue weighted by atomic mass is 10.1. The fourth-order valence-electron chi connectivity index (χ4n) is 1.97. The largest absolute Gasteiger partial charge is 0.494 e. The standard InChI is InChI=1S/C12H16N2O3S/c1-17-12-8-10(14(15)16)2-3-11(12)13-9-4-6-18-7-5-9/h2-3,8-9,13H,4-7H2,1H3. The molecule has 0 saturated carbocycles. The van der Waals surface area contributed by atoms with Gasteiger partial charge in [0.15, 0.2) is 0 Å². The van der Waals surface area contributed by atoms with Gasteiger partial charge in [0.25, 0.3) is 5.69 Å². The van der Waals surface area contributed by atoms with Gasteiger partial charge in [0.05, 0.1) is 23.8 Å². The second kappa shape index (κ2) is 5.95. The van der Waals surface area contributed by atoms with Gasteiger partial charge in [-0.1, -0.05) is 0 Å². The van der Waals surface area contributed by atoms with E-state index in [4.69, 9.17) is 4.74 Å². The number of nitrogens with zero attached hydrogens (tertiary/aromatic N) is 1. The minimum absolute atomic E-state index is 0.0524. The lowest BCUT2D eigenvalue weighted by molar-refractivity contribution is -0.384. The summed E-state index contributed by atoms with van der Waals surface area (Å²) in [5.41, 5.74) is 0.886. The summed E-state index contributed by atoms with van der Waals surface area (Å²) in [6.45, 7) is 0. The van der Waals surface area contributed by atoms with Crippen molar-refractivity contribution in [2.45, 2.75) is 18.9 Å². The van der Waals surface area contributed by atoms with Crippen molar-refractivity contribution in [3.63, 3.8) is 0 Å². The Morgan fingerprint density at radius 1 is 1.44 bits per heavy atom. The van der Waals surface area contributed by atoms with Crippen LogP contribution in [0.4, 0.5) is 11.4 Å². The molecule has 0 aromatic heterocycles. The fraction of sp³-hybridized carbons (Fsp3) is 0.500. The van der Waals surface area contributed by atoms with Gasteiger partial charge in [0.2, 0.25) is 0 Å². The van der Waals surface area contributed by atoms with Crippen LogP contribution in [0.3, 0.4) is 0 Å². The van der Waals surface area contributed by atoms with Gasteiger partial charge in [-0.25, -0.2) is 0 Å². The Labute approximate surface area is 110 Å². The second-order valence-electron chi connectivity index (χ2n) is 4.17. The molecule has 6 heteroatoms. The van der Waals surface area contributed by atoms with Gasteiger partial charge in [0.1, 0.15) is 5.75 Å². The van der Waals surface area contributed by atoms with Crippen molar-refractivity contribution in [1.29, 1.82) is 0 Å². The normalized spacial score (nSPS) is 16.3. The van der Waals surface area contributed by atoms with E-state index in [-0.39, 0.29) is 5.69 Å². The number of nitro groups is 1. The molecule has 98 valence electrons. The number of hydrogen-bond donors (Lipinski definition) is 1. The third kappa shape index (κ3) is 3.07. The fourth-order valence-corrected chi connectivity index (χ4v) is 3.08. The second-order valence-corrected chi connectivity index (χ2v) is 5.40. The maximum absolute atomic E-state index is 10.7. The van der Waals surface area contributed by atoms with Crippen LogP contribution in [0.25, 0.3) is 0 Å². The molecule has 0 amide bonds. The quantitative estimate of drug-likeness (QED) is 0.672. The van der Waals surface area contributed by atoms with Crippen LogP contribution < -0.4 is 10.1 Å². The predicted molar refractivity (Wildman–Crippen MR) is 73.6 cm³/mol. The zero-order chi connectivity index (χ0) is 13.0. The zero-order valence-electron chi connectivity index (χ0n) is 10.2. The summed E-state index contributed by atoms with van der Waals surface area (Å²) in [7, 11) is 1.53. The van der Waals surface area contributed by atoms with Crippen molar-refractivity contribution in [2.24, 2.45) is 0 Å². The maximum Gasteiger partial charge on any atom is 0.273 e. The van der Waals surface area contributed by atoms with Gasteiger partial charge in [-0.05, 0) is 30.4 Å². The molecule has 1 aromatic rings. The average Bonchev–Trinajstić information content (AvgIpc) is 2.40. The highest BCUT2D eigenvalue weighted by Crippen LogP contribution is 2.31. The maximum atomic E-state index is 10.7. The molecule has 1 heterocycles. The molecule has 1 aromatic carbocycles. The van der Waals surface area contributed by atoms with Crippen molar-refractivity contribution in [2.75, 3.05) is 23.9 Å². The van der Waals surface area contributed by atoms with Crippen LogP contribution in [-0.2, 0) is 0 Å². The number of methoxy groups -OCH3 is 1. The monoisotopic (exact) mass is 268 g/mol. The number of non-ortho nitro benzene ring substituents is 1. The van der Waals surface area contributed by atoms with E-state index in [1.165, 1.54) is 19.2 Å². The first-order valence-corrected chi connectivity index (χ1v) is 7.03. The summed E-state index contributed by atoms with van der Waals surface area (Å²) in [6, 6.07) is 5.11. The number of ether oxygens (including phenoxy) is 1. The molecule has 1 aliphatic heterocycles. The molecule has 1 saturated heterocycles. The molecule has 5 nitrogen and oxygen atoms in total. The Bertz CT molecular complexity index is 433. The average molecular weight is 268 g/mol. The van der Waals surface area contributed by atoms with E-state index in [0.717, 1.165) is 30.0 Å². The molecular formula is C12H16N2O3S. The third-order valence-corrected chi connectivity index (χ3v) is 4.03. The first-order valence-electron chi connectivity index (χ1n) is 5.87. The van der Waals surface area contributed by atoms with Crippen LogP contribution in [0.2, 0.25) is 0 Å². The Balaban J connectivity index is 2.13. The van der Waals surface area contributed by atoms with E-state index in [9.17, 15) is 10.1 Å². The SMILES string of the molecule is COc1cc([N+](=O)[O-])ccc1NC1CCSCC1. The zero-order valence-corrected chi connectivity index (χ0v) is 11.0. The van der Waals surface area contributed by atoms with Gasteiger partial charge < -0.3 is 10.1 Å². The van der Waals surface area contributed by atoms with Crippen molar-refractivity contribution >= 4 is 23.1 Å². The minimum Gasteiger partial charge on any atom is -0.494 e. The van der Waals surface area contributed by atoms with Gasteiger partial charge >= 0.3 is 0 Å². The van der Waals surface area contributed by atoms with E-state index in [1.54, 1.807) is 6.07 Å². The molecule has 0 spiro atoms. The molecule has 0 atom stereocenters. The van der Waals surface area contributed by atoms with Gasteiger partial charge in [-0.3, -0.25) is 10.1 Å². The van der Waals surface area contributed by atoms with E-state index < -0.39 is 4.92 Å². The van der Waals surface area contributed by atoms with E-state index in [1.807, 2.05) is 11.8 Å².